The lowest BCUT2D eigenvalue weighted by molar-refractivity contribution is 0.794. The Balaban J connectivity index is 0.969. The van der Waals surface area contributed by atoms with Crippen LogP contribution in [0.2, 0.25) is 0 Å². The summed E-state index contributed by atoms with van der Waals surface area (Å²) in [6, 6.07) is 83.4. The van der Waals surface area contributed by atoms with E-state index in [1.54, 1.807) is 0 Å². The summed E-state index contributed by atoms with van der Waals surface area (Å²) >= 11 is 0. The van der Waals surface area contributed by atoms with E-state index >= 15 is 0 Å². The molecule has 10 aromatic rings. The lowest BCUT2D eigenvalue weighted by atomic mass is 9.70. The fraction of sp³-hybridized carbons (Fsp3) is 0.0156. The van der Waals surface area contributed by atoms with Gasteiger partial charge in [0.2, 0.25) is 0 Å². The number of hydrogen-bond donors (Lipinski definition) is 2. The molecule has 9 aromatic carbocycles. The first-order valence-corrected chi connectivity index (χ1v) is 23.1. The molecule has 68 heavy (non-hydrogen) atoms. The summed E-state index contributed by atoms with van der Waals surface area (Å²) in [5, 5.41) is 13.9. The lowest BCUT2D eigenvalue weighted by Crippen LogP contribution is -2.25. The third kappa shape index (κ3) is 6.19. The SMILES string of the molecule is N=C(/C(=C1\NC(c2ccccc2)=Cc2ccccc21)c1ccccc1)c1cccc(-c2cc(-c3ccc4c(c3)C3(c5ccccc5-c5ccccc53)c3ccccc3-4)nc(-c3ccccc3)n2)c1. The molecule has 2 N–H and O–H groups in total. The Labute approximate surface area is 395 Å². The summed E-state index contributed by atoms with van der Waals surface area (Å²) in [5.74, 6) is 0.643. The monoisotopic (exact) mass is 866 g/mol. The summed E-state index contributed by atoms with van der Waals surface area (Å²) in [4.78, 5) is 10.6. The maximum Gasteiger partial charge on any atom is 0.160 e. The third-order valence-corrected chi connectivity index (χ3v) is 13.9. The molecule has 318 valence electrons. The minimum absolute atomic E-state index is 0.405. The zero-order chi connectivity index (χ0) is 45.2. The molecule has 4 nitrogen and oxygen atoms in total. The van der Waals surface area contributed by atoms with Gasteiger partial charge < -0.3 is 5.32 Å². The van der Waals surface area contributed by atoms with Gasteiger partial charge in [0.05, 0.1) is 28.2 Å². The van der Waals surface area contributed by atoms with Gasteiger partial charge in [-0.05, 0) is 85.5 Å². The summed E-state index contributed by atoms with van der Waals surface area (Å²) in [6.45, 7) is 0. The first-order valence-electron chi connectivity index (χ1n) is 23.1. The van der Waals surface area contributed by atoms with E-state index in [1.807, 2.05) is 54.6 Å². The van der Waals surface area contributed by atoms with E-state index < -0.39 is 5.41 Å². The minimum atomic E-state index is -0.474. The van der Waals surface area contributed by atoms with Crippen LogP contribution in [0, 0.1) is 5.41 Å². The number of benzene rings is 9. The van der Waals surface area contributed by atoms with Gasteiger partial charge in [-0.3, -0.25) is 5.41 Å². The van der Waals surface area contributed by atoms with E-state index in [2.05, 4.69) is 193 Å². The standard InChI is InChI=1S/C64H42N4/c65-61(60(42-21-6-2-7-22-42)62-48-28-11-10-25-44(48)39-57(66-62)41-19-4-1-5-20-41)47-27-18-26-45(37-47)58-40-59(68-63(67-58)43-23-8-3-9-24-43)46-35-36-52-51-31-14-17-34-55(51)64(56(52)38-46)53-32-15-12-29-49(53)50-30-13-16-33-54(50)64/h1-40,65-66H/b62-60-,65-61?. The highest BCUT2D eigenvalue weighted by molar-refractivity contribution is 6.36. The quantitative estimate of drug-likeness (QED) is 0.157. The Morgan fingerprint density at radius 3 is 1.50 bits per heavy atom. The normalized spacial score (nSPS) is 14.1. The van der Waals surface area contributed by atoms with Crippen molar-refractivity contribution in [3.05, 3.63) is 287 Å². The second-order valence-corrected chi connectivity index (χ2v) is 17.7. The zero-order valence-corrected chi connectivity index (χ0v) is 37.0. The maximum absolute atomic E-state index is 10.1. The second kappa shape index (κ2) is 15.9. The Morgan fingerprint density at radius 1 is 0.382 bits per heavy atom. The summed E-state index contributed by atoms with van der Waals surface area (Å²) in [6.07, 6.45) is 2.20. The van der Waals surface area contributed by atoms with E-state index in [9.17, 15) is 5.41 Å². The van der Waals surface area contributed by atoms with Crippen LogP contribution in [0.4, 0.5) is 0 Å². The molecule has 0 saturated carbocycles. The topological polar surface area (TPSA) is 61.7 Å². The highest BCUT2D eigenvalue weighted by Gasteiger charge is 2.51. The molecule has 4 heteroatoms. The van der Waals surface area contributed by atoms with Crippen LogP contribution in [-0.2, 0) is 5.41 Å². The van der Waals surface area contributed by atoms with Crippen LogP contribution in [0.15, 0.2) is 237 Å². The molecule has 2 heterocycles. The molecule has 0 unspecified atom stereocenters. The smallest absolute Gasteiger partial charge is 0.160 e. The Bertz CT molecular complexity index is 3650. The third-order valence-electron chi connectivity index (χ3n) is 13.9. The van der Waals surface area contributed by atoms with Crippen molar-refractivity contribution in [2.24, 2.45) is 0 Å². The van der Waals surface area contributed by atoms with E-state index in [-0.39, 0.29) is 0 Å². The second-order valence-electron chi connectivity index (χ2n) is 17.7. The minimum Gasteiger partial charge on any atom is -0.354 e. The van der Waals surface area contributed by atoms with Crippen molar-refractivity contribution < 1.29 is 0 Å². The van der Waals surface area contributed by atoms with Crippen molar-refractivity contribution in [1.29, 1.82) is 5.41 Å². The van der Waals surface area contributed by atoms with Crippen LogP contribution in [0.25, 0.3) is 79.2 Å². The van der Waals surface area contributed by atoms with E-state index in [0.717, 1.165) is 72.9 Å². The maximum atomic E-state index is 10.1. The van der Waals surface area contributed by atoms with Gasteiger partial charge in [0, 0.05) is 39.1 Å². The van der Waals surface area contributed by atoms with Gasteiger partial charge in [-0.2, -0.15) is 0 Å². The fourth-order valence-corrected chi connectivity index (χ4v) is 10.9. The van der Waals surface area contributed by atoms with Crippen molar-refractivity contribution in [3.8, 4) is 56.2 Å². The number of rotatable bonds is 7. The number of aromatic nitrogens is 2. The number of allylic oxidation sites excluding steroid dienone is 1. The van der Waals surface area contributed by atoms with Gasteiger partial charge in [0.1, 0.15) is 0 Å². The number of nitrogens with zero attached hydrogens (tertiary/aromatic N) is 2. The average Bonchev–Trinajstić information content (AvgIpc) is 3.89. The largest absolute Gasteiger partial charge is 0.354 e. The molecular weight excluding hydrogens is 825 g/mol. The first-order chi connectivity index (χ1) is 33.6. The van der Waals surface area contributed by atoms with Crippen molar-refractivity contribution >= 4 is 28.8 Å². The van der Waals surface area contributed by atoms with Gasteiger partial charge in [-0.15, -0.1) is 0 Å². The van der Waals surface area contributed by atoms with Crippen molar-refractivity contribution in [1.82, 2.24) is 15.3 Å². The van der Waals surface area contributed by atoms with Crippen LogP contribution >= 0.6 is 0 Å². The fourth-order valence-electron chi connectivity index (χ4n) is 10.9. The first kappa shape index (κ1) is 39.4. The summed E-state index contributed by atoms with van der Waals surface area (Å²) in [7, 11) is 0. The molecular formula is C64H42N4. The molecule has 1 aromatic heterocycles. The molecule has 3 aliphatic rings. The molecule has 0 fully saturated rings. The van der Waals surface area contributed by atoms with E-state index in [4.69, 9.17) is 9.97 Å². The average molecular weight is 867 g/mol. The number of nitrogens with one attached hydrogen (secondary N) is 2. The predicted octanol–water partition coefficient (Wildman–Crippen LogP) is 14.9. The van der Waals surface area contributed by atoms with Crippen LogP contribution < -0.4 is 5.32 Å². The molecule has 0 amide bonds. The summed E-state index contributed by atoms with van der Waals surface area (Å²) in [5.41, 5.74) is 22.3. The molecule has 0 atom stereocenters. The molecule has 13 rings (SSSR count). The zero-order valence-electron chi connectivity index (χ0n) is 37.0. The number of fused-ring (bicyclic) bond motifs is 11. The van der Waals surface area contributed by atoms with E-state index in [0.29, 0.717) is 11.5 Å². The van der Waals surface area contributed by atoms with Crippen molar-refractivity contribution in [3.63, 3.8) is 0 Å². The van der Waals surface area contributed by atoms with Crippen LogP contribution in [-0.4, -0.2) is 15.7 Å². The van der Waals surface area contributed by atoms with Gasteiger partial charge >= 0.3 is 0 Å². The van der Waals surface area contributed by atoms with E-state index in [1.165, 1.54) is 44.5 Å². The van der Waals surface area contributed by atoms with Crippen LogP contribution in [0.5, 0.6) is 0 Å². The lowest BCUT2D eigenvalue weighted by Gasteiger charge is -2.30. The van der Waals surface area contributed by atoms with Gasteiger partial charge in [0.25, 0.3) is 0 Å². The Hall–Kier alpha value is -8.99. The highest BCUT2D eigenvalue weighted by Crippen LogP contribution is 2.63. The molecule has 0 bridgehead atoms. The van der Waals surface area contributed by atoms with Crippen molar-refractivity contribution in [2.45, 2.75) is 5.41 Å². The van der Waals surface area contributed by atoms with Crippen LogP contribution in [0.1, 0.15) is 50.1 Å². The van der Waals surface area contributed by atoms with Gasteiger partial charge in [-0.1, -0.05) is 218 Å². The molecule has 1 spiro atoms. The molecule has 1 aliphatic heterocycles. The summed E-state index contributed by atoms with van der Waals surface area (Å²) < 4.78 is 0. The molecule has 0 saturated heterocycles. The van der Waals surface area contributed by atoms with Crippen molar-refractivity contribution in [2.75, 3.05) is 0 Å². The Kier molecular flexibility index (Phi) is 9.19. The van der Waals surface area contributed by atoms with Crippen LogP contribution in [0.3, 0.4) is 0 Å². The molecule has 0 radical (unpaired) electrons. The highest BCUT2D eigenvalue weighted by atomic mass is 14.9. The predicted molar refractivity (Wildman–Crippen MR) is 279 cm³/mol. The molecule has 2 aliphatic carbocycles. The number of hydrogen-bond acceptors (Lipinski definition) is 4. The van der Waals surface area contributed by atoms with Gasteiger partial charge in [-0.25, -0.2) is 9.97 Å². The Morgan fingerprint density at radius 2 is 0.868 bits per heavy atom. The van der Waals surface area contributed by atoms with Gasteiger partial charge in [0.15, 0.2) is 5.82 Å².